The highest BCUT2D eigenvalue weighted by atomic mass is 19.1. The summed E-state index contributed by atoms with van der Waals surface area (Å²) in [5.74, 6) is -3.67. The van der Waals surface area contributed by atoms with E-state index in [0.717, 1.165) is 23.4 Å². The largest absolute Gasteiger partial charge is 0.412 e. The van der Waals surface area contributed by atoms with Crippen LogP contribution >= 0.6 is 0 Å². The van der Waals surface area contributed by atoms with Gasteiger partial charge in [0, 0.05) is 29.4 Å². The molecular formula is C32H32F2N4O5. The van der Waals surface area contributed by atoms with Crippen molar-refractivity contribution in [2.24, 2.45) is 11.7 Å². The molecule has 0 aliphatic heterocycles. The van der Waals surface area contributed by atoms with Crippen molar-refractivity contribution in [2.75, 3.05) is 12.4 Å². The maximum Gasteiger partial charge on any atom is 0.412 e. The summed E-state index contributed by atoms with van der Waals surface area (Å²) in [7, 11) is 1.30. The van der Waals surface area contributed by atoms with Crippen molar-refractivity contribution in [1.82, 2.24) is 10.3 Å². The first kappa shape index (κ1) is 29.7. The Kier molecular flexibility index (Phi) is 7.70. The number of fused-ring (bicyclic) bond motifs is 3. The summed E-state index contributed by atoms with van der Waals surface area (Å²) in [5.41, 5.74) is 8.10. The number of rotatable bonds is 6. The first-order chi connectivity index (χ1) is 20.3. The molecule has 3 aromatic carbocycles. The molecule has 6 N–H and O–H groups in total. The molecule has 0 spiro atoms. The fourth-order valence-corrected chi connectivity index (χ4v) is 5.80. The van der Waals surface area contributed by atoms with Crippen molar-refractivity contribution in [1.29, 1.82) is 0 Å². The number of halogens is 2. The van der Waals surface area contributed by atoms with Gasteiger partial charge in [0.25, 0.3) is 11.8 Å². The zero-order chi connectivity index (χ0) is 31.2. The van der Waals surface area contributed by atoms with Gasteiger partial charge in [0.05, 0.1) is 22.2 Å². The number of nitrogens with two attached hydrogens (primary N) is 1. The van der Waals surface area contributed by atoms with Crippen LogP contribution in [0.2, 0.25) is 0 Å². The minimum Gasteiger partial charge on any atom is -0.406 e. The summed E-state index contributed by atoms with van der Waals surface area (Å²) < 4.78 is 35.5. The zero-order valence-corrected chi connectivity index (χ0v) is 24.2. The smallest absolute Gasteiger partial charge is 0.406 e. The number of aromatic nitrogens is 1. The number of aromatic amines is 1. The minimum absolute atomic E-state index is 0.0160. The molecule has 1 aromatic heterocycles. The van der Waals surface area contributed by atoms with Gasteiger partial charge in [0.1, 0.15) is 5.82 Å². The second-order valence-electron chi connectivity index (χ2n) is 11.3. The normalized spacial score (nSPS) is 14.7. The van der Waals surface area contributed by atoms with Gasteiger partial charge in [-0.05, 0) is 86.9 Å². The van der Waals surface area contributed by atoms with Gasteiger partial charge in [-0.2, -0.15) is 0 Å². The number of amides is 3. The van der Waals surface area contributed by atoms with Crippen LogP contribution in [0.4, 0.5) is 19.3 Å². The van der Waals surface area contributed by atoms with Crippen molar-refractivity contribution in [3.63, 3.8) is 0 Å². The number of benzene rings is 3. The molecule has 5 rings (SSSR count). The Morgan fingerprint density at radius 1 is 1.09 bits per heavy atom. The van der Waals surface area contributed by atoms with Crippen molar-refractivity contribution in [3.05, 3.63) is 82.0 Å². The van der Waals surface area contributed by atoms with Gasteiger partial charge in [0.15, 0.2) is 11.6 Å². The molecule has 1 aliphatic carbocycles. The van der Waals surface area contributed by atoms with Crippen LogP contribution in [0.15, 0.2) is 42.5 Å². The maximum atomic E-state index is 16.0. The van der Waals surface area contributed by atoms with E-state index in [4.69, 9.17) is 10.5 Å². The van der Waals surface area contributed by atoms with Crippen LogP contribution in [0, 0.1) is 24.5 Å². The highest BCUT2D eigenvalue weighted by Crippen LogP contribution is 2.43. The number of carbonyl (C=O) groups is 3. The van der Waals surface area contributed by atoms with Crippen LogP contribution in [-0.4, -0.2) is 40.6 Å². The maximum absolute atomic E-state index is 16.0. The number of carbonyl (C=O) groups excluding carboxylic acids is 3. The van der Waals surface area contributed by atoms with Crippen molar-refractivity contribution >= 4 is 34.5 Å². The van der Waals surface area contributed by atoms with E-state index in [1.54, 1.807) is 39.0 Å². The number of ether oxygens (including phenoxy) is 1. The van der Waals surface area contributed by atoms with Crippen molar-refractivity contribution in [2.45, 2.75) is 45.6 Å². The standard InChI is InChI=1S/C32H32F2N4O5/c1-15-17(7-6-10-23(15)38-30(40)19-8-5-9-21(33)28(19)43-31(41)36-4)25-22(34)14-20(29(35)39)27-26(25)18-12-11-16(32(2,3)42)13-24(18)37-27/h5-10,14,16,37,42H,11-13H2,1-4H3,(H2,35,39)(H,36,41)(H,38,40)/t16-/m0/s1. The van der Waals surface area contributed by atoms with Crippen LogP contribution in [0.3, 0.4) is 0 Å². The number of aryl methyl sites for hydroxylation is 1. The van der Waals surface area contributed by atoms with Gasteiger partial charge in [-0.15, -0.1) is 0 Å². The predicted molar refractivity (Wildman–Crippen MR) is 158 cm³/mol. The summed E-state index contributed by atoms with van der Waals surface area (Å²) >= 11 is 0. The topological polar surface area (TPSA) is 147 Å². The van der Waals surface area contributed by atoms with E-state index in [2.05, 4.69) is 15.6 Å². The molecule has 9 nitrogen and oxygen atoms in total. The zero-order valence-electron chi connectivity index (χ0n) is 24.2. The van der Waals surface area contributed by atoms with E-state index >= 15 is 4.39 Å². The Morgan fingerprint density at radius 2 is 1.81 bits per heavy atom. The number of nitrogens with one attached hydrogen (secondary N) is 3. The molecule has 0 radical (unpaired) electrons. The molecule has 43 heavy (non-hydrogen) atoms. The number of primary amides is 1. The average Bonchev–Trinajstić information content (AvgIpc) is 3.33. The monoisotopic (exact) mass is 590 g/mol. The summed E-state index contributed by atoms with van der Waals surface area (Å²) in [6.07, 6.45) is 0.770. The third-order valence-corrected chi connectivity index (χ3v) is 8.14. The molecular weight excluding hydrogens is 558 g/mol. The molecule has 0 fully saturated rings. The fraction of sp³-hybridized carbons (Fsp3) is 0.281. The second kappa shape index (κ2) is 11.1. The van der Waals surface area contributed by atoms with E-state index in [9.17, 15) is 23.9 Å². The number of anilines is 1. The summed E-state index contributed by atoms with van der Waals surface area (Å²) in [6.45, 7) is 5.22. The highest BCUT2D eigenvalue weighted by Gasteiger charge is 2.34. The molecule has 1 heterocycles. The lowest BCUT2D eigenvalue weighted by Crippen LogP contribution is -2.34. The number of H-pyrrole nitrogens is 1. The van der Waals surface area contributed by atoms with Gasteiger partial charge in [-0.25, -0.2) is 13.6 Å². The molecule has 1 atom stereocenters. The van der Waals surface area contributed by atoms with Gasteiger partial charge in [-0.3, -0.25) is 9.59 Å². The van der Waals surface area contributed by atoms with Crippen LogP contribution in [0.1, 0.15) is 57.8 Å². The van der Waals surface area contributed by atoms with Gasteiger partial charge in [0.2, 0.25) is 0 Å². The molecule has 1 aliphatic rings. The van der Waals surface area contributed by atoms with E-state index in [-0.39, 0.29) is 22.6 Å². The number of aliphatic hydroxyl groups is 1. The molecule has 0 unspecified atom stereocenters. The van der Waals surface area contributed by atoms with Gasteiger partial charge < -0.3 is 31.2 Å². The summed E-state index contributed by atoms with van der Waals surface area (Å²) in [5, 5.41) is 16.1. The van der Waals surface area contributed by atoms with Gasteiger partial charge in [-0.1, -0.05) is 18.2 Å². The minimum atomic E-state index is -0.945. The second-order valence-corrected chi connectivity index (χ2v) is 11.3. The first-order valence-electron chi connectivity index (χ1n) is 13.8. The Labute approximate surface area is 246 Å². The lowest BCUT2D eigenvalue weighted by molar-refractivity contribution is 0.0107. The van der Waals surface area contributed by atoms with E-state index in [0.29, 0.717) is 47.0 Å². The molecule has 3 amide bonds. The van der Waals surface area contributed by atoms with E-state index < -0.39 is 40.9 Å². The molecule has 11 heteroatoms. The van der Waals surface area contributed by atoms with Gasteiger partial charge >= 0.3 is 6.09 Å². The molecule has 4 aromatic rings. The van der Waals surface area contributed by atoms with Crippen molar-refractivity contribution < 1.29 is 33.0 Å². The number of para-hydroxylation sites is 1. The number of hydrogen-bond acceptors (Lipinski definition) is 5. The summed E-state index contributed by atoms with van der Waals surface area (Å²) in [4.78, 5) is 40.7. The molecule has 0 saturated heterocycles. The van der Waals surface area contributed by atoms with E-state index in [1.807, 2.05) is 0 Å². The highest BCUT2D eigenvalue weighted by molar-refractivity contribution is 6.12. The third kappa shape index (κ3) is 5.43. The SMILES string of the molecule is CNC(=O)Oc1c(F)cccc1C(=O)Nc1cccc(-c2c(F)cc(C(N)=O)c3[nH]c4c(c23)CC[C@H](C(C)(C)O)C4)c1C. The molecule has 0 bridgehead atoms. The Hall–Kier alpha value is -4.77. The van der Waals surface area contributed by atoms with E-state index in [1.165, 1.54) is 19.2 Å². The predicted octanol–water partition coefficient (Wildman–Crippen LogP) is 5.37. The number of hydrogen-bond donors (Lipinski definition) is 5. The van der Waals surface area contributed by atoms with Crippen LogP contribution in [-0.2, 0) is 12.8 Å². The fourth-order valence-electron chi connectivity index (χ4n) is 5.80. The average molecular weight is 591 g/mol. The van der Waals surface area contributed by atoms with Crippen LogP contribution < -0.4 is 21.1 Å². The van der Waals surface area contributed by atoms with Crippen LogP contribution in [0.25, 0.3) is 22.0 Å². The first-order valence-corrected chi connectivity index (χ1v) is 13.8. The van der Waals surface area contributed by atoms with Crippen molar-refractivity contribution in [3.8, 4) is 16.9 Å². The Morgan fingerprint density at radius 3 is 2.49 bits per heavy atom. The lowest BCUT2D eigenvalue weighted by atomic mass is 9.77. The quantitative estimate of drug-likeness (QED) is 0.205. The Bertz CT molecular complexity index is 1790. The van der Waals surface area contributed by atoms with Crippen LogP contribution in [0.5, 0.6) is 5.75 Å². The third-order valence-electron chi connectivity index (χ3n) is 8.14. The lowest BCUT2D eigenvalue weighted by Gasteiger charge is -2.32. The Balaban J connectivity index is 1.61. The molecule has 0 saturated carbocycles. The summed E-state index contributed by atoms with van der Waals surface area (Å²) in [6, 6.07) is 9.76. The molecule has 224 valence electrons.